The molecule has 1 aromatic rings. The summed E-state index contributed by atoms with van der Waals surface area (Å²) in [5, 5.41) is 18.2. The van der Waals surface area contributed by atoms with Gasteiger partial charge in [-0.3, -0.25) is 0 Å². The highest BCUT2D eigenvalue weighted by Gasteiger charge is 2.03. The molecule has 0 bridgehead atoms. The molecule has 1 rings (SSSR count). The van der Waals surface area contributed by atoms with E-state index < -0.39 is 0 Å². The lowest BCUT2D eigenvalue weighted by molar-refractivity contribution is 0.250. The van der Waals surface area contributed by atoms with E-state index in [-0.39, 0.29) is 12.5 Å². The number of hydrogen-bond donors (Lipinski definition) is 2. The van der Waals surface area contributed by atoms with Crippen LogP contribution in [-0.2, 0) is 0 Å². The summed E-state index contributed by atoms with van der Waals surface area (Å²) in [6.45, 7) is 2.17. The van der Waals surface area contributed by atoms with Crippen molar-refractivity contribution in [2.45, 2.75) is 11.8 Å². The minimum Gasteiger partial charge on any atom is -0.507 e. The number of rotatable bonds is 4. The van der Waals surface area contributed by atoms with Gasteiger partial charge in [-0.1, -0.05) is 19.1 Å². The first-order chi connectivity index (χ1) is 6.24. The lowest BCUT2D eigenvalue weighted by atomic mass is 10.2. The first-order valence-electron chi connectivity index (χ1n) is 4.25. The summed E-state index contributed by atoms with van der Waals surface area (Å²) in [6, 6.07) is 7.25. The first kappa shape index (κ1) is 10.4. The molecule has 0 aliphatic rings. The summed E-state index contributed by atoms with van der Waals surface area (Å²) < 4.78 is 0. The van der Waals surface area contributed by atoms with Crippen molar-refractivity contribution in [3.63, 3.8) is 0 Å². The van der Waals surface area contributed by atoms with Crippen molar-refractivity contribution in [3.05, 3.63) is 24.3 Å². The molecular formula is C10H14O2S. The van der Waals surface area contributed by atoms with Gasteiger partial charge >= 0.3 is 0 Å². The van der Waals surface area contributed by atoms with Crippen LogP contribution in [0, 0.1) is 5.92 Å². The zero-order chi connectivity index (χ0) is 9.68. The molecule has 0 amide bonds. The zero-order valence-corrected chi connectivity index (χ0v) is 8.42. The average Bonchev–Trinajstić information content (AvgIpc) is 2.16. The van der Waals surface area contributed by atoms with E-state index in [1.807, 2.05) is 19.1 Å². The summed E-state index contributed by atoms with van der Waals surface area (Å²) in [5.74, 6) is 1.41. The molecular weight excluding hydrogens is 184 g/mol. The number of aromatic hydroxyl groups is 1. The van der Waals surface area contributed by atoms with Crippen LogP contribution in [-0.4, -0.2) is 22.6 Å². The van der Waals surface area contributed by atoms with Gasteiger partial charge in [-0.15, -0.1) is 11.8 Å². The van der Waals surface area contributed by atoms with Gasteiger partial charge in [-0.2, -0.15) is 0 Å². The molecule has 0 radical (unpaired) electrons. The van der Waals surface area contributed by atoms with Crippen LogP contribution in [0.2, 0.25) is 0 Å². The summed E-state index contributed by atoms with van der Waals surface area (Å²) >= 11 is 1.57. The highest BCUT2D eigenvalue weighted by atomic mass is 32.2. The van der Waals surface area contributed by atoms with Crippen LogP contribution >= 0.6 is 11.8 Å². The molecule has 3 heteroatoms. The maximum Gasteiger partial charge on any atom is 0.129 e. The van der Waals surface area contributed by atoms with Gasteiger partial charge in [0, 0.05) is 17.3 Å². The fraction of sp³-hybridized carbons (Fsp3) is 0.400. The number of phenolic OH excluding ortho intramolecular Hbond substituents is 1. The van der Waals surface area contributed by atoms with Crippen LogP contribution in [0.5, 0.6) is 5.75 Å². The number of phenols is 1. The Kier molecular flexibility index (Phi) is 4.12. The lowest BCUT2D eigenvalue weighted by Gasteiger charge is -2.07. The van der Waals surface area contributed by atoms with E-state index in [9.17, 15) is 5.11 Å². The Balaban J connectivity index is 2.50. The molecule has 0 spiro atoms. The second kappa shape index (κ2) is 5.14. The third-order valence-electron chi connectivity index (χ3n) is 1.70. The third-order valence-corrected chi connectivity index (χ3v) is 3.09. The maximum atomic E-state index is 9.41. The second-order valence-electron chi connectivity index (χ2n) is 3.07. The predicted octanol–water partition coefficient (Wildman–Crippen LogP) is 2.11. The van der Waals surface area contributed by atoms with Gasteiger partial charge in [0.25, 0.3) is 0 Å². The van der Waals surface area contributed by atoms with Crippen LogP contribution in [0.1, 0.15) is 6.92 Å². The normalized spacial score (nSPS) is 12.8. The zero-order valence-electron chi connectivity index (χ0n) is 7.60. The van der Waals surface area contributed by atoms with Crippen LogP contribution in [0.15, 0.2) is 29.2 Å². The Morgan fingerprint density at radius 1 is 1.38 bits per heavy atom. The SMILES string of the molecule is C[C@@H](CO)CSc1ccccc1O. The highest BCUT2D eigenvalue weighted by molar-refractivity contribution is 7.99. The molecule has 2 N–H and O–H groups in total. The molecule has 2 nitrogen and oxygen atoms in total. The lowest BCUT2D eigenvalue weighted by Crippen LogP contribution is -2.02. The van der Waals surface area contributed by atoms with E-state index in [0.29, 0.717) is 5.75 Å². The monoisotopic (exact) mass is 198 g/mol. The number of aliphatic hydroxyl groups is 1. The first-order valence-corrected chi connectivity index (χ1v) is 5.24. The largest absolute Gasteiger partial charge is 0.507 e. The molecule has 0 unspecified atom stereocenters. The van der Waals surface area contributed by atoms with Gasteiger partial charge < -0.3 is 10.2 Å². The van der Waals surface area contributed by atoms with Crippen LogP contribution in [0.25, 0.3) is 0 Å². The second-order valence-corrected chi connectivity index (χ2v) is 4.13. The van der Waals surface area contributed by atoms with Gasteiger partial charge in [0.05, 0.1) is 0 Å². The van der Waals surface area contributed by atoms with Crippen LogP contribution in [0.4, 0.5) is 0 Å². The molecule has 0 aliphatic carbocycles. The van der Waals surface area contributed by atoms with Crippen molar-refractivity contribution < 1.29 is 10.2 Å². The number of benzene rings is 1. The van der Waals surface area contributed by atoms with Crippen LogP contribution < -0.4 is 0 Å². The smallest absolute Gasteiger partial charge is 0.129 e. The van der Waals surface area contributed by atoms with Gasteiger partial charge in [0.1, 0.15) is 5.75 Å². The summed E-state index contributed by atoms with van der Waals surface area (Å²) in [6.07, 6.45) is 0. The topological polar surface area (TPSA) is 40.5 Å². The molecule has 1 atom stereocenters. The molecule has 0 heterocycles. The van der Waals surface area contributed by atoms with Crippen molar-refractivity contribution in [1.82, 2.24) is 0 Å². The molecule has 0 aromatic heterocycles. The minimum absolute atomic E-state index is 0.195. The molecule has 72 valence electrons. The Labute approximate surface area is 82.6 Å². The number of hydrogen-bond acceptors (Lipinski definition) is 3. The Morgan fingerprint density at radius 2 is 2.08 bits per heavy atom. The summed E-state index contributed by atoms with van der Waals surface area (Å²) in [4.78, 5) is 0.878. The standard InChI is InChI=1S/C10H14O2S/c1-8(6-11)7-13-10-5-3-2-4-9(10)12/h2-5,8,11-12H,6-7H2,1H3/t8-/m0/s1. The van der Waals surface area contributed by atoms with Crippen molar-refractivity contribution >= 4 is 11.8 Å². The number of para-hydroxylation sites is 1. The van der Waals surface area contributed by atoms with E-state index in [0.717, 1.165) is 10.6 Å². The van der Waals surface area contributed by atoms with Crippen molar-refractivity contribution in [3.8, 4) is 5.75 Å². The van der Waals surface area contributed by atoms with Crippen molar-refractivity contribution in [1.29, 1.82) is 0 Å². The Bertz CT molecular complexity index is 263. The Morgan fingerprint density at radius 3 is 2.69 bits per heavy atom. The number of aliphatic hydroxyl groups excluding tert-OH is 1. The molecule has 13 heavy (non-hydrogen) atoms. The summed E-state index contributed by atoms with van der Waals surface area (Å²) in [5.41, 5.74) is 0. The fourth-order valence-corrected chi connectivity index (χ4v) is 1.82. The molecule has 0 saturated carbocycles. The number of thioether (sulfide) groups is 1. The van der Waals surface area contributed by atoms with Crippen molar-refractivity contribution in [2.75, 3.05) is 12.4 Å². The van der Waals surface area contributed by atoms with Gasteiger partial charge in [0.15, 0.2) is 0 Å². The average molecular weight is 198 g/mol. The highest BCUT2D eigenvalue weighted by Crippen LogP contribution is 2.28. The van der Waals surface area contributed by atoms with Crippen molar-refractivity contribution in [2.24, 2.45) is 5.92 Å². The van der Waals surface area contributed by atoms with E-state index in [1.54, 1.807) is 23.9 Å². The summed E-state index contributed by atoms with van der Waals surface area (Å²) in [7, 11) is 0. The van der Waals surface area contributed by atoms with E-state index in [1.165, 1.54) is 0 Å². The third kappa shape index (κ3) is 3.28. The molecule has 0 aliphatic heterocycles. The van der Waals surface area contributed by atoms with Gasteiger partial charge in [0.2, 0.25) is 0 Å². The molecule has 0 saturated heterocycles. The predicted molar refractivity (Wildman–Crippen MR) is 55.1 cm³/mol. The quantitative estimate of drug-likeness (QED) is 0.728. The fourth-order valence-electron chi connectivity index (χ4n) is 0.864. The molecule has 0 fully saturated rings. The van der Waals surface area contributed by atoms with Crippen LogP contribution in [0.3, 0.4) is 0 Å². The van der Waals surface area contributed by atoms with Gasteiger partial charge in [-0.05, 0) is 18.1 Å². The molecule has 1 aromatic carbocycles. The van der Waals surface area contributed by atoms with E-state index in [2.05, 4.69) is 0 Å². The van der Waals surface area contributed by atoms with E-state index in [4.69, 9.17) is 5.11 Å². The Hall–Kier alpha value is -0.670. The van der Waals surface area contributed by atoms with Gasteiger partial charge in [-0.25, -0.2) is 0 Å². The minimum atomic E-state index is 0.195. The maximum absolute atomic E-state index is 9.41. The van der Waals surface area contributed by atoms with E-state index >= 15 is 0 Å².